The minimum Gasteiger partial charge on any atom is -0.481 e. The van der Waals surface area contributed by atoms with Crippen LogP contribution in [0.25, 0.3) is 11.0 Å². The maximum atomic E-state index is 11.3. The number of carbonyl (C=O) groups is 1. The van der Waals surface area contributed by atoms with Crippen LogP contribution in [-0.2, 0) is 14.9 Å². The van der Waals surface area contributed by atoms with Crippen LogP contribution in [-0.4, -0.2) is 24.3 Å². The standard InChI is InChI=1S/C14H14O4/c1-9(13(15)16)14(7-17-8-14)11-6-18-12-5-3-2-4-10(11)12/h2-6,9H,7-8H2,1H3,(H,15,16). The lowest BCUT2D eigenvalue weighted by molar-refractivity contribution is -0.155. The van der Waals surface area contributed by atoms with E-state index in [0.717, 1.165) is 16.5 Å². The third-order valence-electron chi connectivity index (χ3n) is 3.94. The Labute approximate surface area is 104 Å². The van der Waals surface area contributed by atoms with E-state index in [4.69, 9.17) is 9.15 Å². The van der Waals surface area contributed by atoms with Gasteiger partial charge in [-0.15, -0.1) is 0 Å². The lowest BCUT2D eigenvalue weighted by atomic mass is 9.69. The molecule has 1 aromatic carbocycles. The van der Waals surface area contributed by atoms with E-state index >= 15 is 0 Å². The number of benzene rings is 1. The van der Waals surface area contributed by atoms with Crippen molar-refractivity contribution in [3.63, 3.8) is 0 Å². The number of para-hydroxylation sites is 1. The van der Waals surface area contributed by atoms with Crippen molar-refractivity contribution in [2.45, 2.75) is 12.3 Å². The Hall–Kier alpha value is -1.81. The molecule has 4 nitrogen and oxygen atoms in total. The molecular formula is C14H14O4. The van der Waals surface area contributed by atoms with Crippen molar-refractivity contribution < 1.29 is 19.1 Å². The fraction of sp³-hybridized carbons (Fsp3) is 0.357. The van der Waals surface area contributed by atoms with Crippen LogP contribution < -0.4 is 0 Å². The Balaban J connectivity index is 2.14. The van der Waals surface area contributed by atoms with E-state index in [1.165, 1.54) is 0 Å². The van der Waals surface area contributed by atoms with Crippen molar-refractivity contribution in [2.75, 3.05) is 13.2 Å². The highest BCUT2D eigenvalue weighted by molar-refractivity contribution is 5.84. The zero-order valence-electron chi connectivity index (χ0n) is 10.1. The molecule has 3 rings (SSSR count). The number of ether oxygens (including phenoxy) is 1. The quantitative estimate of drug-likeness (QED) is 0.903. The monoisotopic (exact) mass is 246 g/mol. The van der Waals surface area contributed by atoms with Gasteiger partial charge in [-0.1, -0.05) is 25.1 Å². The van der Waals surface area contributed by atoms with Gasteiger partial charge in [0.15, 0.2) is 0 Å². The van der Waals surface area contributed by atoms with Gasteiger partial charge in [0, 0.05) is 10.9 Å². The van der Waals surface area contributed by atoms with Crippen molar-refractivity contribution >= 4 is 16.9 Å². The molecule has 2 heterocycles. The first kappa shape index (κ1) is 11.3. The summed E-state index contributed by atoms with van der Waals surface area (Å²) in [5, 5.41) is 10.2. The molecule has 1 N–H and O–H groups in total. The predicted octanol–water partition coefficient (Wildman–Crippen LogP) is 2.42. The van der Waals surface area contributed by atoms with Crippen LogP contribution in [0.5, 0.6) is 0 Å². The number of carboxylic acid groups (broad SMARTS) is 1. The molecule has 1 saturated heterocycles. The average Bonchev–Trinajstić information content (AvgIpc) is 2.72. The first-order valence-electron chi connectivity index (χ1n) is 5.92. The molecule has 4 heteroatoms. The van der Waals surface area contributed by atoms with E-state index < -0.39 is 17.3 Å². The van der Waals surface area contributed by atoms with Crippen LogP contribution in [0.3, 0.4) is 0 Å². The van der Waals surface area contributed by atoms with Crippen LogP contribution in [0.15, 0.2) is 34.9 Å². The maximum absolute atomic E-state index is 11.3. The van der Waals surface area contributed by atoms with Gasteiger partial charge in [0.05, 0.1) is 30.8 Å². The molecule has 1 aliphatic heterocycles. The second kappa shape index (κ2) is 3.85. The van der Waals surface area contributed by atoms with E-state index in [1.807, 2.05) is 24.3 Å². The largest absolute Gasteiger partial charge is 0.481 e. The summed E-state index contributed by atoms with van der Waals surface area (Å²) in [6.07, 6.45) is 1.67. The summed E-state index contributed by atoms with van der Waals surface area (Å²) in [5.41, 5.74) is 1.27. The van der Waals surface area contributed by atoms with E-state index in [1.54, 1.807) is 13.2 Å². The van der Waals surface area contributed by atoms with Crippen molar-refractivity contribution in [3.8, 4) is 0 Å². The van der Waals surface area contributed by atoms with Gasteiger partial charge in [-0.2, -0.15) is 0 Å². The fourth-order valence-electron chi connectivity index (χ4n) is 2.56. The molecule has 0 spiro atoms. The van der Waals surface area contributed by atoms with Gasteiger partial charge in [-0.05, 0) is 6.07 Å². The Morgan fingerprint density at radius 3 is 2.72 bits per heavy atom. The number of furan rings is 1. The number of rotatable bonds is 3. The van der Waals surface area contributed by atoms with Crippen LogP contribution >= 0.6 is 0 Å². The zero-order chi connectivity index (χ0) is 12.8. The van der Waals surface area contributed by atoms with Gasteiger partial charge >= 0.3 is 5.97 Å². The molecule has 1 aromatic heterocycles. The summed E-state index contributed by atoms with van der Waals surface area (Å²) in [5.74, 6) is -1.30. The second-order valence-corrected chi connectivity index (χ2v) is 4.85. The molecular weight excluding hydrogens is 232 g/mol. The van der Waals surface area contributed by atoms with Crippen molar-refractivity contribution in [3.05, 3.63) is 36.1 Å². The van der Waals surface area contributed by atoms with Crippen LogP contribution in [0.1, 0.15) is 12.5 Å². The molecule has 18 heavy (non-hydrogen) atoms. The van der Waals surface area contributed by atoms with Gasteiger partial charge in [-0.3, -0.25) is 4.79 Å². The van der Waals surface area contributed by atoms with Crippen LogP contribution in [0.2, 0.25) is 0 Å². The van der Waals surface area contributed by atoms with E-state index in [9.17, 15) is 9.90 Å². The molecule has 0 bridgehead atoms. The highest BCUT2D eigenvalue weighted by Crippen LogP contribution is 2.43. The number of hydrogen-bond donors (Lipinski definition) is 1. The molecule has 94 valence electrons. The summed E-state index contributed by atoms with van der Waals surface area (Å²) in [7, 11) is 0. The van der Waals surface area contributed by atoms with Gasteiger partial charge < -0.3 is 14.3 Å². The van der Waals surface area contributed by atoms with E-state index in [-0.39, 0.29) is 0 Å². The van der Waals surface area contributed by atoms with E-state index in [2.05, 4.69) is 0 Å². The van der Waals surface area contributed by atoms with Gasteiger partial charge in [0.2, 0.25) is 0 Å². The van der Waals surface area contributed by atoms with E-state index in [0.29, 0.717) is 13.2 Å². The van der Waals surface area contributed by atoms with Gasteiger partial charge in [0.25, 0.3) is 0 Å². The summed E-state index contributed by atoms with van der Waals surface area (Å²) >= 11 is 0. The number of hydrogen-bond acceptors (Lipinski definition) is 3. The Morgan fingerprint density at radius 1 is 1.39 bits per heavy atom. The molecule has 0 amide bonds. The topological polar surface area (TPSA) is 59.7 Å². The minimum absolute atomic E-state index is 0.435. The summed E-state index contributed by atoms with van der Waals surface area (Å²) in [6, 6.07) is 7.68. The predicted molar refractivity (Wildman–Crippen MR) is 65.5 cm³/mol. The lowest BCUT2D eigenvalue weighted by Crippen LogP contribution is -2.53. The molecule has 1 aliphatic rings. The fourth-order valence-corrected chi connectivity index (χ4v) is 2.56. The molecule has 1 atom stereocenters. The summed E-state index contributed by atoms with van der Waals surface area (Å²) in [4.78, 5) is 11.3. The smallest absolute Gasteiger partial charge is 0.307 e. The summed E-state index contributed by atoms with van der Waals surface area (Å²) in [6.45, 7) is 2.60. The molecule has 2 aromatic rings. The highest BCUT2D eigenvalue weighted by Gasteiger charge is 2.49. The normalized spacial score (nSPS) is 19.4. The first-order valence-corrected chi connectivity index (χ1v) is 5.92. The Kier molecular flexibility index (Phi) is 2.41. The number of fused-ring (bicyclic) bond motifs is 1. The van der Waals surface area contributed by atoms with Gasteiger partial charge in [0.1, 0.15) is 5.58 Å². The molecule has 1 unspecified atom stereocenters. The number of aliphatic carboxylic acids is 1. The Bertz CT molecular complexity index is 595. The van der Waals surface area contributed by atoms with Gasteiger partial charge in [-0.25, -0.2) is 0 Å². The molecule has 0 radical (unpaired) electrons. The third kappa shape index (κ3) is 1.39. The van der Waals surface area contributed by atoms with Crippen LogP contribution in [0.4, 0.5) is 0 Å². The average molecular weight is 246 g/mol. The van der Waals surface area contributed by atoms with Crippen molar-refractivity contribution in [1.29, 1.82) is 0 Å². The SMILES string of the molecule is CC(C(=O)O)C1(c2coc3ccccc23)COC1. The lowest BCUT2D eigenvalue weighted by Gasteiger charge is -2.44. The molecule has 1 fully saturated rings. The molecule has 0 saturated carbocycles. The second-order valence-electron chi connectivity index (χ2n) is 4.85. The summed E-state index contributed by atoms with van der Waals surface area (Å²) < 4.78 is 10.8. The zero-order valence-corrected chi connectivity index (χ0v) is 10.1. The van der Waals surface area contributed by atoms with Crippen LogP contribution in [0, 0.1) is 5.92 Å². The van der Waals surface area contributed by atoms with Crippen molar-refractivity contribution in [2.24, 2.45) is 5.92 Å². The maximum Gasteiger partial charge on any atom is 0.307 e. The van der Waals surface area contributed by atoms with Crippen molar-refractivity contribution in [1.82, 2.24) is 0 Å². The minimum atomic E-state index is -0.802. The number of carboxylic acids is 1. The first-order chi connectivity index (χ1) is 8.65. The highest BCUT2D eigenvalue weighted by atomic mass is 16.5. The molecule has 0 aliphatic carbocycles. The third-order valence-corrected chi connectivity index (χ3v) is 3.94. The Morgan fingerprint density at radius 2 is 2.11 bits per heavy atom.